The van der Waals surface area contributed by atoms with Gasteiger partial charge in [0, 0.05) is 24.2 Å². The van der Waals surface area contributed by atoms with Gasteiger partial charge in [-0.15, -0.1) is 0 Å². The Morgan fingerprint density at radius 1 is 1.30 bits per heavy atom. The molecule has 1 saturated heterocycles. The lowest BCUT2D eigenvalue weighted by atomic mass is 10.1. The lowest BCUT2D eigenvalue weighted by molar-refractivity contribution is 0.265. The lowest BCUT2D eigenvalue weighted by Crippen LogP contribution is -2.48. The van der Waals surface area contributed by atoms with Crippen LogP contribution in [-0.2, 0) is 16.6 Å². The molecule has 1 aliphatic heterocycles. The van der Waals surface area contributed by atoms with Crippen LogP contribution in [0.15, 0.2) is 24.3 Å². The summed E-state index contributed by atoms with van der Waals surface area (Å²) in [4.78, 5) is 0. The lowest BCUT2D eigenvalue weighted by Gasteiger charge is -2.32. The number of rotatable bonds is 5. The van der Waals surface area contributed by atoms with Gasteiger partial charge < -0.3 is 0 Å². The molecule has 1 fully saturated rings. The fraction of sp³-hybridized carbons (Fsp3) is 0.571. The minimum atomic E-state index is -3.35. The monoisotopic (exact) mass is 316 g/mol. The van der Waals surface area contributed by atoms with E-state index in [1.807, 2.05) is 31.2 Å². The van der Waals surface area contributed by atoms with Gasteiger partial charge in [0.05, 0.1) is 0 Å². The normalized spacial score (nSPS) is 21.0. The Bertz CT molecular complexity index is 531. The van der Waals surface area contributed by atoms with Crippen molar-refractivity contribution in [1.29, 1.82) is 0 Å². The van der Waals surface area contributed by atoms with E-state index in [1.54, 1.807) is 4.31 Å². The molecule has 1 aromatic rings. The number of nitrogens with zero attached hydrogens (tertiary/aromatic N) is 1. The molecule has 0 unspecified atom stereocenters. The Morgan fingerprint density at radius 3 is 2.65 bits per heavy atom. The summed E-state index contributed by atoms with van der Waals surface area (Å²) in [5.74, 6) is 0. The van der Waals surface area contributed by atoms with E-state index in [9.17, 15) is 8.42 Å². The van der Waals surface area contributed by atoms with Crippen molar-refractivity contribution < 1.29 is 8.42 Å². The largest absolute Gasteiger partial charge is 0.279 e. The van der Waals surface area contributed by atoms with Gasteiger partial charge in [0.15, 0.2) is 0 Å². The second-order valence-electron chi connectivity index (χ2n) is 5.23. The van der Waals surface area contributed by atoms with Crippen molar-refractivity contribution in [3.63, 3.8) is 0 Å². The number of nitrogens with one attached hydrogen (secondary N) is 1. The number of hydrogen-bond acceptors (Lipinski definition) is 2. The SMILES string of the molecule is C[C@H]1CCCCN1S(=O)(=O)NCCc1ccc(Cl)cc1. The molecule has 2 rings (SSSR count). The molecular formula is C14H21ClN2O2S. The third-order valence-electron chi connectivity index (χ3n) is 3.66. The van der Waals surface area contributed by atoms with Crippen molar-refractivity contribution >= 4 is 21.8 Å². The van der Waals surface area contributed by atoms with Gasteiger partial charge in [-0.05, 0) is 43.9 Å². The van der Waals surface area contributed by atoms with Crippen molar-refractivity contribution in [3.8, 4) is 0 Å². The van der Waals surface area contributed by atoms with E-state index in [0.717, 1.165) is 24.8 Å². The Kier molecular flexibility index (Phi) is 5.43. The Labute approximate surface area is 126 Å². The van der Waals surface area contributed by atoms with Gasteiger partial charge in [-0.3, -0.25) is 0 Å². The first-order valence-corrected chi connectivity index (χ1v) is 8.82. The van der Waals surface area contributed by atoms with Crippen molar-refractivity contribution in [3.05, 3.63) is 34.9 Å². The molecule has 20 heavy (non-hydrogen) atoms. The molecule has 0 spiro atoms. The van der Waals surface area contributed by atoms with E-state index < -0.39 is 10.2 Å². The van der Waals surface area contributed by atoms with Crippen LogP contribution in [0.2, 0.25) is 5.02 Å². The minimum Gasteiger partial charge on any atom is -0.202 e. The third kappa shape index (κ3) is 4.19. The smallest absolute Gasteiger partial charge is 0.202 e. The molecule has 0 aromatic heterocycles. The fourth-order valence-corrected chi connectivity index (χ4v) is 4.09. The van der Waals surface area contributed by atoms with Crippen LogP contribution in [0.5, 0.6) is 0 Å². The number of hydrogen-bond donors (Lipinski definition) is 1. The molecule has 112 valence electrons. The Balaban J connectivity index is 1.87. The van der Waals surface area contributed by atoms with Crippen molar-refractivity contribution in [2.45, 2.75) is 38.6 Å². The molecule has 0 aliphatic carbocycles. The van der Waals surface area contributed by atoms with Gasteiger partial charge >= 0.3 is 0 Å². The van der Waals surface area contributed by atoms with E-state index in [1.165, 1.54) is 0 Å². The number of halogens is 1. The zero-order valence-corrected chi connectivity index (χ0v) is 13.3. The average molecular weight is 317 g/mol. The molecule has 1 aromatic carbocycles. The van der Waals surface area contributed by atoms with Gasteiger partial charge in [-0.2, -0.15) is 12.7 Å². The van der Waals surface area contributed by atoms with Gasteiger partial charge in [0.25, 0.3) is 10.2 Å². The first-order chi connectivity index (χ1) is 9.49. The molecule has 6 heteroatoms. The van der Waals surface area contributed by atoms with Crippen LogP contribution >= 0.6 is 11.6 Å². The van der Waals surface area contributed by atoms with E-state index in [-0.39, 0.29) is 6.04 Å². The maximum absolute atomic E-state index is 12.2. The van der Waals surface area contributed by atoms with Crippen LogP contribution in [0, 0.1) is 0 Å². The summed E-state index contributed by atoms with van der Waals surface area (Å²) in [7, 11) is -3.35. The predicted molar refractivity (Wildman–Crippen MR) is 82.1 cm³/mol. The van der Waals surface area contributed by atoms with Gasteiger partial charge in [0.1, 0.15) is 0 Å². The maximum Gasteiger partial charge on any atom is 0.279 e. The van der Waals surface area contributed by atoms with E-state index in [4.69, 9.17) is 11.6 Å². The van der Waals surface area contributed by atoms with E-state index in [0.29, 0.717) is 24.5 Å². The topological polar surface area (TPSA) is 49.4 Å². The number of piperidine rings is 1. The van der Waals surface area contributed by atoms with Crippen molar-refractivity contribution in [1.82, 2.24) is 9.03 Å². The quantitative estimate of drug-likeness (QED) is 0.907. The highest BCUT2D eigenvalue weighted by molar-refractivity contribution is 7.87. The van der Waals surface area contributed by atoms with Crippen LogP contribution < -0.4 is 4.72 Å². The zero-order chi connectivity index (χ0) is 14.6. The number of benzene rings is 1. The second-order valence-corrected chi connectivity index (χ2v) is 7.38. The van der Waals surface area contributed by atoms with Crippen LogP contribution in [-0.4, -0.2) is 31.9 Å². The molecule has 0 radical (unpaired) electrons. The average Bonchev–Trinajstić information content (AvgIpc) is 2.41. The van der Waals surface area contributed by atoms with E-state index >= 15 is 0 Å². The van der Waals surface area contributed by atoms with Crippen LogP contribution in [0.25, 0.3) is 0 Å². The Morgan fingerprint density at radius 2 is 2.00 bits per heavy atom. The van der Waals surface area contributed by atoms with Crippen LogP contribution in [0.4, 0.5) is 0 Å². The second kappa shape index (κ2) is 6.89. The molecular weight excluding hydrogens is 296 g/mol. The molecule has 0 bridgehead atoms. The summed E-state index contributed by atoms with van der Waals surface area (Å²) < 4.78 is 28.7. The standard InChI is InChI=1S/C14H21ClN2O2S/c1-12-4-2-3-11-17(12)20(18,19)16-10-9-13-5-7-14(15)8-6-13/h5-8,12,16H,2-4,9-11H2,1H3/t12-/m0/s1. The van der Waals surface area contributed by atoms with Crippen molar-refractivity contribution in [2.75, 3.05) is 13.1 Å². The summed E-state index contributed by atoms with van der Waals surface area (Å²) in [6.07, 6.45) is 3.66. The summed E-state index contributed by atoms with van der Waals surface area (Å²) in [5.41, 5.74) is 1.07. The van der Waals surface area contributed by atoms with Crippen LogP contribution in [0.3, 0.4) is 0 Å². The molecule has 0 amide bonds. The highest BCUT2D eigenvalue weighted by Crippen LogP contribution is 2.19. The molecule has 1 atom stereocenters. The highest BCUT2D eigenvalue weighted by atomic mass is 35.5. The molecule has 1 aliphatic rings. The third-order valence-corrected chi connectivity index (χ3v) is 5.64. The van der Waals surface area contributed by atoms with E-state index in [2.05, 4.69) is 4.72 Å². The van der Waals surface area contributed by atoms with Gasteiger partial charge in [0.2, 0.25) is 0 Å². The fourth-order valence-electron chi connectivity index (χ4n) is 2.49. The molecule has 1 N–H and O–H groups in total. The minimum absolute atomic E-state index is 0.0942. The molecule has 0 saturated carbocycles. The Hall–Kier alpha value is -0.620. The highest BCUT2D eigenvalue weighted by Gasteiger charge is 2.28. The van der Waals surface area contributed by atoms with Gasteiger partial charge in [-0.25, -0.2) is 4.72 Å². The molecule has 4 nitrogen and oxygen atoms in total. The van der Waals surface area contributed by atoms with Crippen LogP contribution in [0.1, 0.15) is 31.7 Å². The predicted octanol–water partition coefficient (Wildman–Crippen LogP) is 2.59. The summed E-state index contributed by atoms with van der Waals surface area (Å²) in [6, 6.07) is 7.56. The first-order valence-electron chi connectivity index (χ1n) is 7.00. The summed E-state index contributed by atoms with van der Waals surface area (Å²) in [6.45, 7) is 3.00. The molecule has 1 heterocycles. The van der Waals surface area contributed by atoms with Crippen molar-refractivity contribution in [2.24, 2.45) is 0 Å². The summed E-state index contributed by atoms with van der Waals surface area (Å²) in [5, 5.41) is 0.691. The zero-order valence-electron chi connectivity index (χ0n) is 11.7. The first kappa shape index (κ1) is 15.8. The maximum atomic E-state index is 12.2. The summed E-state index contributed by atoms with van der Waals surface area (Å²) >= 11 is 5.82. The van der Waals surface area contributed by atoms with Gasteiger partial charge in [-0.1, -0.05) is 30.2 Å².